The van der Waals surface area contributed by atoms with Crippen LogP contribution >= 0.6 is 0 Å². The molecule has 70 heavy (non-hydrogen) atoms. The molecule has 0 unspecified atom stereocenters. The van der Waals surface area contributed by atoms with Gasteiger partial charge in [0.2, 0.25) is 10.0 Å². The molecule has 11 heteroatoms. The van der Waals surface area contributed by atoms with E-state index in [1.165, 1.54) is 16.1 Å². The lowest BCUT2D eigenvalue weighted by molar-refractivity contribution is 0.596. The molecular weight excluding hydrogens is 889 g/mol. The third kappa shape index (κ3) is 10.3. The summed E-state index contributed by atoms with van der Waals surface area (Å²) in [4.78, 5) is 37.5. The first-order chi connectivity index (χ1) is 34.0. The number of hydrogen-bond donors (Lipinski definition) is 1. The molecule has 10 nitrogen and oxygen atoms in total. The molecule has 2 heterocycles. The molecule has 348 valence electrons. The van der Waals surface area contributed by atoms with Gasteiger partial charge in [0, 0.05) is 12.2 Å². The van der Waals surface area contributed by atoms with Crippen LogP contribution in [-0.4, -0.2) is 33.8 Å². The zero-order valence-electron chi connectivity index (χ0n) is 39.1. The number of nitrogens with one attached hydrogen (secondary N) is 1. The largest absolute Gasteiger partial charge is 0.381 e. The van der Waals surface area contributed by atoms with Crippen LogP contribution in [0.1, 0.15) is 57.1 Å². The van der Waals surface area contributed by atoms with Crippen LogP contribution in [0.25, 0.3) is 21.8 Å². The number of aryl methyl sites for hydroxylation is 2. The van der Waals surface area contributed by atoms with Crippen LogP contribution in [0.5, 0.6) is 0 Å². The van der Waals surface area contributed by atoms with E-state index in [2.05, 4.69) is 41.7 Å². The summed E-state index contributed by atoms with van der Waals surface area (Å²) in [5.41, 5.74) is 8.33. The third-order valence-corrected chi connectivity index (χ3v) is 13.5. The first kappa shape index (κ1) is 46.7. The van der Waals surface area contributed by atoms with Gasteiger partial charge in [-0.25, -0.2) is 18.4 Å². The summed E-state index contributed by atoms with van der Waals surface area (Å²) >= 11 is 0. The molecule has 1 N–H and O–H groups in total. The molecule has 0 saturated carbocycles. The Morgan fingerprint density at radius 3 is 1.27 bits per heavy atom. The molecule has 0 amide bonds. The molecule has 10 aromatic rings. The quantitative estimate of drug-likeness (QED) is 0.122. The van der Waals surface area contributed by atoms with Crippen molar-refractivity contribution in [2.45, 2.75) is 39.0 Å². The topological polar surface area (TPSA) is 119 Å². The molecule has 0 atom stereocenters. The Kier molecular flexibility index (Phi) is 13.9. The summed E-state index contributed by atoms with van der Waals surface area (Å²) in [6.45, 7) is 4.58. The maximum atomic E-state index is 14.1. The van der Waals surface area contributed by atoms with Crippen molar-refractivity contribution in [2.75, 3.05) is 15.9 Å². The molecule has 0 aliphatic carbocycles. The highest BCUT2D eigenvalue weighted by molar-refractivity contribution is 7.92. The van der Waals surface area contributed by atoms with Gasteiger partial charge < -0.3 is 5.32 Å². The molecule has 0 aliphatic rings. The predicted octanol–water partition coefficient (Wildman–Crippen LogP) is 11.3. The Labute approximate surface area is 407 Å². The summed E-state index contributed by atoms with van der Waals surface area (Å²) < 4.78 is 30.4. The summed E-state index contributed by atoms with van der Waals surface area (Å²) in [7, 11) is -3.61. The third-order valence-electron chi connectivity index (χ3n) is 12.3. The normalized spacial score (nSPS) is 11.4. The van der Waals surface area contributed by atoms with E-state index in [4.69, 9.17) is 9.97 Å². The van der Waals surface area contributed by atoms with Gasteiger partial charge >= 0.3 is 0 Å². The Balaban J connectivity index is 0.000000175. The zero-order valence-corrected chi connectivity index (χ0v) is 39.9. The first-order valence-electron chi connectivity index (χ1n) is 23.1. The van der Waals surface area contributed by atoms with Crippen LogP contribution in [0.3, 0.4) is 0 Å². The number of hydrogen-bond acceptors (Lipinski definition) is 7. The fourth-order valence-electron chi connectivity index (χ4n) is 8.95. The summed E-state index contributed by atoms with van der Waals surface area (Å²) in [6, 6.07) is 69.7. The fourth-order valence-corrected chi connectivity index (χ4v) is 9.83. The lowest BCUT2D eigenvalue weighted by Crippen LogP contribution is -2.31. The summed E-state index contributed by atoms with van der Waals surface area (Å²) in [5, 5.41) is 4.40. The highest BCUT2D eigenvalue weighted by atomic mass is 32.2. The van der Waals surface area contributed by atoms with Crippen LogP contribution in [0.4, 0.5) is 11.4 Å². The van der Waals surface area contributed by atoms with Crippen LogP contribution < -0.4 is 20.7 Å². The Morgan fingerprint density at radius 2 is 0.857 bits per heavy atom. The molecule has 0 spiro atoms. The number of aromatic nitrogens is 4. The van der Waals surface area contributed by atoms with Crippen LogP contribution in [0.15, 0.2) is 228 Å². The average molecular weight is 941 g/mol. The Bertz CT molecular complexity index is 3540. The minimum Gasteiger partial charge on any atom is -0.381 e. The molecule has 0 bridgehead atoms. The van der Waals surface area contributed by atoms with E-state index >= 15 is 0 Å². The number of nitrogens with zero attached hydrogens (tertiary/aromatic N) is 5. The van der Waals surface area contributed by atoms with E-state index in [0.29, 0.717) is 45.7 Å². The highest BCUT2D eigenvalue weighted by Gasteiger charge is 2.25. The number of sulfonamides is 1. The van der Waals surface area contributed by atoms with E-state index in [0.717, 1.165) is 33.5 Å². The van der Waals surface area contributed by atoms with Gasteiger partial charge in [0.25, 0.3) is 11.1 Å². The monoisotopic (exact) mass is 940 g/mol. The van der Waals surface area contributed by atoms with Gasteiger partial charge in [-0.05, 0) is 83.6 Å². The number of anilines is 2. The van der Waals surface area contributed by atoms with Crippen molar-refractivity contribution in [3.8, 4) is 0 Å². The van der Waals surface area contributed by atoms with Crippen molar-refractivity contribution >= 4 is 43.2 Å². The van der Waals surface area contributed by atoms with Gasteiger partial charge in [0.15, 0.2) is 0 Å². The standard InChI is InChI=1S/C30H27N3O3S.C29H25N3O/c1-22-31-28-19-18-26(32(37(2,35)36)21-23-12-6-3-7-13-23)20-27(28)30(34)33(22)29(24-14-8-4-9-15-24)25-16-10-5-11-17-25;1-21-31-27-18-17-25(30-20-22-11-5-2-6-12-22)19-26(27)29(33)32(21)28(23-13-7-3-8-14-23)24-15-9-4-10-16-24/h3-20,29H,21H2,1-2H3;2-19,28,30H,20H2,1H3. The van der Waals surface area contributed by atoms with Crippen molar-refractivity contribution in [3.63, 3.8) is 0 Å². The van der Waals surface area contributed by atoms with Gasteiger partial charge in [-0.2, -0.15) is 0 Å². The molecular formula is C59H52N6O4S. The predicted molar refractivity (Wildman–Crippen MR) is 283 cm³/mol. The van der Waals surface area contributed by atoms with Gasteiger partial charge in [-0.1, -0.05) is 182 Å². The van der Waals surface area contributed by atoms with Crippen molar-refractivity contribution in [3.05, 3.63) is 284 Å². The van der Waals surface area contributed by atoms with E-state index in [1.807, 2.05) is 182 Å². The fraction of sp³-hybridized carbons (Fsp3) is 0.119. The van der Waals surface area contributed by atoms with Crippen molar-refractivity contribution in [1.82, 2.24) is 19.1 Å². The van der Waals surface area contributed by atoms with E-state index < -0.39 is 10.0 Å². The molecule has 0 aliphatic heterocycles. The van der Waals surface area contributed by atoms with E-state index in [-0.39, 0.29) is 29.7 Å². The molecule has 0 radical (unpaired) electrons. The zero-order chi connectivity index (χ0) is 48.6. The van der Waals surface area contributed by atoms with Crippen molar-refractivity contribution < 1.29 is 8.42 Å². The smallest absolute Gasteiger partial charge is 0.262 e. The molecule has 2 aromatic heterocycles. The Morgan fingerprint density at radius 1 is 0.486 bits per heavy atom. The van der Waals surface area contributed by atoms with Gasteiger partial charge in [-0.3, -0.25) is 23.0 Å². The maximum Gasteiger partial charge on any atom is 0.262 e. The highest BCUT2D eigenvalue weighted by Crippen LogP contribution is 2.30. The lowest BCUT2D eigenvalue weighted by atomic mass is 9.98. The second kappa shape index (κ2) is 20.8. The molecule has 8 aromatic carbocycles. The molecule has 0 saturated heterocycles. The second-order valence-corrected chi connectivity index (χ2v) is 19.1. The SMILES string of the molecule is Cc1nc2ccc(N(Cc3ccccc3)S(C)(=O)=O)cc2c(=O)n1C(c1ccccc1)c1ccccc1.Cc1nc2ccc(NCc3ccccc3)cc2c(=O)n1C(c1ccccc1)c1ccccc1. The minimum absolute atomic E-state index is 0.0430. The Hall–Kier alpha value is -8.41. The molecule has 10 rings (SSSR count). The molecule has 0 fully saturated rings. The average Bonchev–Trinajstić information content (AvgIpc) is 3.39. The van der Waals surface area contributed by atoms with Gasteiger partial charge in [0.05, 0.1) is 52.4 Å². The van der Waals surface area contributed by atoms with Crippen LogP contribution in [0, 0.1) is 13.8 Å². The number of rotatable bonds is 13. The summed E-state index contributed by atoms with van der Waals surface area (Å²) in [6.07, 6.45) is 1.17. The van der Waals surface area contributed by atoms with Crippen molar-refractivity contribution in [1.29, 1.82) is 0 Å². The van der Waals surface area contributed by atoms with Crippen molar-refractivity contribution in [2.24, 2.45) is 0 Å². The lowest BCUT2D eigenvalue weighted by Gasteiger charge is -2.25. The van der Waals surface area contributed by atoms with Crippen LogP contribution in [0.2, 0.25) is 0 Å². The van der Waals surface area contributed by atoms with E-state index in [9.17, 15) is 18.0 Å². The second-order valence-electron chi connectivity index (χ2n) is 17.1. The maximum absolute atomic E-state index is 14.1. The summed E-state index contributed by atoms with van der Waals surface area (Å²) in [5.74, 6) is 1.27. The van der Waals surface area contributed by atoms with E-state index in [1.54, 1.807) is 22.8 Å². The number of benzene rings is 8. The minimum atomic E-state index is -3.61. The van der Waals surface area contributed by atoms with Gasteiger partial charge in [-0.15, -0.1) is 0 Å². The van der Waals surface area contributed by atoms with Crippen LogP contribution in [-0.2, 0) is 23.1 Å². The van der Waals surface area contributed by atoms with Gasteiger partial charge in [0.1, 0.15) is 11.6 Å². The number of fused-ring (bicyclic) bond motifs is 2. The first-order valence-corrected chi connectivity index (χ1v) is 24.9.